The Morgan fingerprint density at radius 3 is 2.70 bits per heavy atom. The first-order chi connectivity index (χ1) is 11.0. The van der Waals surface area contributed by atoms with Crippen LogP contribution in [-0.2, 0) is 4.79 Å². The van der Waals surface area contributed by atoms with Crippen molar-refractivity contribution in [3.05, 3.63) is 36.3 Å². The SMILES string of the molecule is Cc1cc(N2CC(C)CC(C(=O)O)C2)nc(-c2ccncc2)n1. The third kappa shape index (κ3) is 3.47. The molecule has 0 spiro atoms. The summed E-state index contributed by atoms with van der Waals surface area (Å²) in [5.74, 6) is 0.680. The van der Waals surface area contributed by atoms with Crippen molar-refractivity contribution >= 4 is 11.8 Å². The number of aliphatic carboxylic acids is 1. The van der Waals surface area contributed by atoms with E-state index in [1.165, 1.54) is 0 Å². The van der Waals surface area contributed by atoms with Gasteiger partial charge in [0.25, 0.3) is 0 Å². The van der Waals surface area contributed by atoms with E-state index in [0.29, 0.717) is 24.7 Å². The largest absolute Gasteiger partial charge is 0.481 e. The Kier molecular flexibility index (Phi) is 4.23. The van der Waals surface area contributed by atoms with Gasteiger partial charge in [0.2, 0.25) is 0 Å². The number of nitrogens with zero attached hydrogens (tertiary/aromatic N) is 4. The van der Waals surface area contributed by atoms with E-state index in [0.717, 1.165) is 23.6 Å². The monoisotopic (exact) mass is 312 g/mol. The summed E-state index contributed by atoms with van der Waals surface area (Å²) in [7, 11) is 0. The Bertz CT molecular complexity index is 705. The predicted octanol–water partition coefficient (Wildman–Crippen LogP) is 2.39. The highest BCUT2D eigenvalue weighted by molar-refractivity contribution is 5.71. The quantitative estimate of drug-likeness (QED) is 0.937. The molecule has 0 bridgehead atoms. The van der Waals surface area contributed by atoms with E-state index in [1.807, 2.05) is 25.1 Å². The molecule has 1 aliphatic heterocycles. The smallest absolute Gasteiger partial charge is 0.308 e. The van der Waals surface area contributed by atoms with E-state index in [1.54, 1.807) is 12.4 Å². The van der Waals surface area contributed by atoms with Crippen molar-refractivity contribution in [1.82, 2.24) is 15.0 Å². The molecule has 23 heavy (non-hydrogen) atoms. The summed E-state index contributed by atoms with van der Waals surface area (Å²) in [6, 6.07) is 5.66. The number of hydrogen-bond acceptors (Lipinski definition) is 5. The summed E-state index contributed by atoms with van der Waals surface area (Å²) in [6.45, 7) is 5.32. The molecule has 1 aliphatic rings. The van der Waals surface area contributed by atoms with Gasteiger partial charge in [0.15, 0.2) is 5.82 Å². The van der Waals surface area contributed by atoms with Crippen molar-refractivity contribution in [3.63, 3.8) is 0 Å². The second-order valence-electron chi connectivity index (χ2n) is 6.21. The van der Waals surface area contributed by atoms with E-state index < -0.39 is 5.97 Å². The maximum atomic E-state index is 11.4. The molecule has 3 heterocycles. The van der Waals surface area contributed by atoms with Crippen LogP contribution in [-0.4, -0.2) is 39.1 Å². The van der Waals surface area contributed by atoms with Crippen LogP contribution in [0.25, 0.3) is 11.4 Å². The van der Waals surface area contributed by atoms with Gasteiger partial charge in [-0.05, 0) is 31.4 Å². The summed E-state index contributed by atoms with van der Waals surface area (Å²) in [4.78, 5) is 26.6. The van der Waals surface area contributed by atoms with E-state index in [9.17, 15) is 9.90 Å². The third-order valence-corrected chi connectivity index (χ3v) is 4.11. The molecule has 120 valence electrons. The number of carbonyl (C=O) groups is 1. The fourth-order valence-corrected chi connectivity index (χ4v) is 3.06. The van der Waals surface area contributed by atoms with Gasteiger partial charge in [-0.15, -0.1) is 0 Å². The molecule has 2 aromatic rings. The molecular weight excluding hydrogens is 292 g/mol. The zero-order valence-electron chi connectivity index (χ0n) is 13.3. The maximum Gasteiger partial charge on any atom is 0.308 e. The van der Waals surface area contributed by atoms with Crippen LogP contribution in [0.3, 0.4) is 0 Å². The van der Waals surface area contributed by atoms with Crippen LogP contribution in [0, 0.1) is 18.8 Å². The molecule has 1 N–H and O–H groups in total. The molecule has 2 atom stereocenters. The highest BCUT2D eigenvalue weighted by Gasteiger charge is 2.30. The molecule has 0 aliphatic carbocycles. The van der Waals surface area contributed by atoms with Gasteiger partial charge in [-0.1, -0.05) is 6.92 Å². The molecule has 3 rings (SSSR count). The van der Waals surface area contributed by atoms with Crippen LogP contribution >= 0.6 is 0 Å². The minimum atomic E-state index is -0.735. The van der Waals surface area contributed by atoms with E-state index in [2.05, 4.69) is 26.8 Å². The topological polar surface area (TPSA) is 79.2 Å². The molecule has 0 amide bonds. The van der Waals surface area contributed by atoms with Crippen molar-refractivity contribution in [2.45, 2.75) is 20.3 Å². The number of hydrogen-bond donors (Lipinski definition) is 1. The summed E-state index contributed by atoms with van der Waals surface area (Å²) < 4.78 is 0. The molecule has 2 aromatic heterocycles. The third-order valence-electron chi connectivity index (χ3n) is 4.11. The molecule has 0 aromatic carbocycles. The summed E-state index contributed by atoms with van der Waals surface area (Å²) >= 11 is 0. The Hall–Kier alpha value is -2.50. The fraction of sp³-hybridized carbons (Fsp3) is 0.412. The molecule has 1 fully saturated rings. The van der Waals surface area contributed by atoms with Gasteiger partial charge < -0.3 is 10.0 Å². The predicted molar refractivity (Wildman–Crippen MR) is 87.1 cm³/mol. The minimum absolute atomic E-state index is 0.324. The van der Waals surface area contributed by atoms with Crippen molar-refractivity contribution < 1.29 is 9.90 Å². The number of rotatable bonds is 3. The number of aromatic nitrogens is 3. The molecule has 6 nitrogen and oxygen atoms in total. The van der Waals surface area contributed by atoms with Crippen molar-refractivity contribution in [2.75, 3.05) is 18.0 Å². The minimum Gasteiger partial charge on any atom is -0.481 e. The zero-order valence-corrected chi connectivity index (χ0v) is 13.3. The van der Waals surface area contributed by atoms with Crippen LogP contribution in [0.4, 0.5) is 5.82 Å². The van der Waals surface area contributed by atoms with Crippen LogP contribution in [0.2, 0.25) is 0 Å². The number of aryl methyl sites for hydroxylation is 1. The Balaban J connectivity index is 1.93. The summed E-state index contributed by atoms with van der Waals surface area (Å²) in [5, 5.41) is 9.34. The van der Waals surface area contributed by atoms with E-state index in [4.69, 9.17) is 0 Å². The van der Waals surface area contributed by atoms with Crippen LogP contribution in [0.1, 0.15) is 19.0 Å². The molecule has 0 radical (unpaired) electrons. The Morgan fingerprint density at radius 1 is 1.26 bits per heavy atom. The number of anilines is 1. The fourth-order valence-electron chi connectivity index (χ4n) is 3.06. The van der Waals surface area contributed by atoms with Gasteiger partial charge >= 0.3 is 5.97 Å². The first kappa shape index (κ1) is 15.4. The molecule has 2 unspecified atom stereocenters. The average molecular weight is 312 g/mol. The standard InChI is InChI=1S/C17H20N4O2/c1-11-7-14(17(22)23)10-21(9-11)15-8-12(2)19-16(20-15)13-3-5-18-6-4-13/h3-6,8,11,14H,7,9-10H2,1-2H3,(H,22,23). The second kappa shape index (κ2) is 6.32. The lowest BCUT2D eigenvalue weighted by molar-refractivity contribution is -0.142. The zero-order chi connectivity index (χ0) is 16.4. The van der Waals surface area contributed by atoms with Crippen LogP contribution in [0.15, 0.2) is 30.6 Å². The van der Waals surface area contributed by atoms with E-state index in [-0.39, 0.29) is 5.92 Å². The molecule has 6 heteroatoms. The van der Waals surface area contributed by atoms with Crippen molar-refractivity contribution in [1.29, 1.82) is 0 Å². The van der Waals surface area contributed by atoms with Crippen molar-refractivity contribution in [3.8, 4) is 11.4 Å². The van der Waals surface area contributed by atoms with Gasteiger partial charge in [-0.2, -0.15) is 0 Å². The molecular formula is C17H20N4O2. The van der Waals surface area contributed by atoms with Gasteiger partial charge in [0, 0.05) is 42.8 Å². The number of pyridine rings is 1. The van der Waals surface area contributed by atoms with Gasteiger partial charge in [-0.3, -0.25) is 9.78 Å². The summed E-state index contributed by atoms with van der Waals surface area (Å²) in [5.41, 5.74) is 1.77. The number of carboxylic acid groups (broad SMARTS) is 1. The second-order valence-corrected chi connectivity index (χ2v) is 6.21. The molecule has 0 saturated carbocycles. The first-order valence-electron chi connectivity index (χ1n) is 7.77. The highest BCUT2D eigenvalue weighted by atomic mass is 16.4. The number of carboxylic acids is 1. The number of piperidine rings is 1. The Labute approximate surface area is 135 Å². The first-order valence-corrected chi connectivity index (χ1v) is 7.77. The van der Waals surface area contributed by atoms with E-state index >= 15 is 0 Å². The molecule has 1 saturated heterocycles. The average Bonchev–Trinajstić information content (AvgIpc) is 2.54. The lowest BCUT2D eigenvalue weighted by atomic mass is 9.90. The highest BCUT2D eigenvalue weighted by Crippen LogP contribution is 2.27. The normalized spacial score (nSPS) is 21.2. The van der Waals surface area contributed by atoms with Crippen LogP contribution < -0.4 is 4.90 Å². The van der Waals surface area contributed by atoms with Crippen LogP contribution in [0.5, 0.6) is 0 Å². The maximum absolute atomic E-state index is 11.4. The lowest BCUT2D eigenvalue weighted by Crippen LogP contribution is -2.43. The van der Waals surface area contributed by atoms with Gasteiger partial charge in [-0.25, -0.2) is 9.97 Å². The van der Waals surface area contributed by atoms with Crippen molar-refractivity contribution in [2.24, 2.45) is 11.8 Å². The summed E-state index contributed by atoms with van der Waals surface area (Å²) in [6.07, 6.45) is 4.14. The lowest BCUT2D eigenvalue weighted by Gasteiger charge is -2.35. The van der Waals surface area contributed by atoms with Gasteiger partial charge in [0.1, 0.15) is 5.82 Å². The van der Waals surface area contributed by atoms with Gasteiger partial charge in [0.05, 0.1) is 5.92 Å². The Morgan fingerprint density at radius 2 is 2.00 bits per heavy atom.